The maximum Gasteiger partial charge on any atom is 0.220 e. The van der Waals surface area contributed by atoms with Crippen molar-refractivity contribution in [3.63, 3.8) is 0 Å². The Morgan fingerprint density at radius 2 is 2.05 bits per heavy atom. The Balaban J connectivity index is 1.67. The molecule has 0 spiro atoms. The second-order valence-corrected chi connectivity index (χ2v) is 5.95. The number of benzene rings is 1. The van der Waals surface area contributed by atoms with Crippen LogP contribution in [0.4, 0.5) is 5.69 Å². The van der Waals surface area contributed by atoms with Crippen molar-refractivity contribution in [1.82, 2.24) is 5.32 Å². The minimum Gasteiger partial charge on any atom is -0.399 e. The van der Waals surface area contributed by atoms with E-state index in [9.17, 15) is 9.90 Å². The number of carbonyl (C=O) groups excluding carboxylic acids is 1. The second kappa shape index (κ2) is 7.81. The van der Waals surface area contributed by atoms with Gasteiger partial charge in [0.2, 0.25) is 5.91 Å². The molecule has 0 saturated heterocycles. The highest BCUT2D eigenvalue weighted by Gasteiger charge is 2.09. The Labute approximate surface area is 128 Å². The zero-order valence-corrected chi connectivity index (χ0v) is 12.6. The van der Waals surface area contributed by atoms with E-state index in [-0.39, 0.29) is 12.5 Å². The third-order valence-electron chi connectivity index (χ3n) is 3.22. The highest BCUT2D eigenvalue weighted by atomic mass is 32.1. The molecule has 0 aliphatic carbocycles. The number of hydrogen-bond acceptors (Lipinski definition) is 4. The normalized spacial score (nSPS) is 12.0. The first-order chi connectivity index (χ1) is 10.1. The number of thiophene rings is 1. The van der Waals surface area contributed by atoms with Gasteiger partial charge < -0.3 is 16.2 Å². The molecule has 1 heterocycles. The van der Waals surface area contributed by atoms with E-state index in [0.717, 1.165) is 18.4 Å². The predicted molar refractivity (Wildman–Crippen MR) is 86.1 cm³/mol. The minimum atomic E-state index is -0.702. The lowest BCUT2D eigenvalue weighted by atomic mass is 10.1. The quantitative estimate of drug-likeness (QED) is 0.688. The van der Waals surface area contributed by atoms with Crippen LogP contribution in [0.2, 0.25) is 0 Å². The maximum atomic E-state index is 11.7. The van der Waals surface area contributed by atoms with Gasteiger partial charge in [-0.15, -0.1) is 11.3 Å². The van der Waals surface area contributed by atoms with E-state index in [4.69, 9.17) is 5.73 Å². The number of aliphatic hydroxyl groups is 1. The van der Waals surface area contributed by atoms with Crippen LogP contribution in [-0.2, 0) is 11.2 Å². The Kier molecular flexibility index (Phi) is 5.78. The van der Waals surface area contributed by atoms with Crippen LogP contribution in [0.3, 0.4) is 0 Å². The van der Waals surface area contributed by atoms with Gasteiger partial charge in [0.25, 0.3) is 0 Å². The van der Waals surface area contributed by atoms with E-state index in [1.807, 2.05) is 11.4 Å². The smallest absolute Gasteiger partial charge is 0.220 e. The van der Waals surface area contributed by atoms with E-state index in [0.29, 0.717) is 12.1 Å². The summed E-state index contributed by atoms with van der Waals surface area (Å²) in [7, 11) is 0. The fraction of sp³-hybridized carbons (Fsp3) is 0.312. The van der Waals surface area contributed by atoms with Crippen molar-refractivity contribution < 1.29 is 9.90 Å². The molecule has 0 radical (unpaired) electrons. The number of nitrogens with one attached hydrogen (secondary N) is 1. The summed E-state index contributed by atoms with van der Waals surface area (Å²) in [6, 6.07) is 11.1. The number of nitrogen functional groups attached to an aromatic ring is 1. The number of amides is 1. The predicted octanol–water partition coefficient (Wildman–Crippen LogP) is 2.50. The van der Waals surface area contributed by atoms with E-state index in [2.05, 4.69) is 11.4 Å². The van der Waals surface area contributed by atoms with E-state index >= 15 is 0 Å². The van der Waals surface area contributed by atoms with Gasteiger partial charge in [-0.2, -0.15) is 0 Å². The molecule has 2 aromatic rings. The van der Waals surface area contributed by atoms with Gasteiger partial charge in [-0.1, -0.05) is 18.2 Å². The fourth-order valence-corrected chi connectivity index (χ4v) is 2.76. The molecule has 1 aromatic carbocycles. The van der Waals surface area contributed by atoms with Crippen molar-refractivity contribution in [1.29, 1.82) is 0 Å². The second-order valence-electron chi connectivity index (χ2n) is 4.92. The Bertz CT molecular complexity index is 552. The molecule has 1 unspecified atom stereocenters. The number of rotatable bonds is 7. The van der Waals surface area contributed by atoms with Gasteiger partial charge in [-0.3, -0.25) is 4.79 Å². The third kappa shape index (κ3) is 5.21. The van der Waals surface area contributed by atoms with E-state index < -0.39 is 6.10 Å². The van der Waals surface area contributed by atoms with Crippen LogP contribution in [0.25, 0.3) is 0 Å². The Hall–Kier alpha value is -1.85. The van der Waals surface area contributed by atoms with Crippen molar-refractivity contribution in [3.8, 4) is 0 Å². The summed E-state index contributed by atoms with van der Waals surface area (Å²) in [6.07, 6.45) is 1.52. The Morgan fingerprint density at radius 1 is 1.29 bits per heavy atom. The van der Waals surface area contributed by atoms with Gasteiger partial charge in [0.05, 0.1) is 6.10 Å². The molecule has 2 rings (SSSR count). The molecule has 0 saturated carbocycles. The first-order valence-electron chi connectivity index (χ1n) is 6.98. The van der Waals surface area contributed by atoms with Crippen LogP contribution < -0.4 is 11.1 Å². The number of nitrogens with two attached hydrogens (primary N) is 1. The van der Waals surface area contributed by atoms with Crippen molar-refractivity contribution in [2.24, 2.45) is 0 Å². The van der Waals surface area contributed by atoms with Crippen LogP contribution in [-0.4, -0.2) is 17.6 Å². The van der Waals surface area contributed by atoms with Gasteiger partial charge in [-0.25, -0.2) is 0 Å². The summed E-state index contributed by atoms with van der Waals surface area (Å²) < 4.78 is 0. The molecule has 112 valence electrons. The van der Waals surface area contributed by atoms with Crippen molar-refractivity contribution in [2.75, 3.05) is 12.3 Å². The van der Waals surface area contributed by atoms with Crippen LogP contribution >= 0.6 is 11.3 Å². The third-order valence-corrected chi connectivity index (χ3v) is 4.16. The zero-order valence-electron chi connectivity index (χ0n) is 11.8. The highest BCUT2D eigenvalue weighted by molar-refractivity contribution is 7.09. The van der Waals surface area contributed by atoms with Gasteiger partial charge in [0, 0.05) is 23.5 Å². The van der Waals surface area contributed by atoms with Gasteiger partial charge in [0.1, 0.15) is 0 Å². The summed E-state index contributed by atoms with van der Waals surface area (Å²) in [4.78, 5) is 13.0. The van der Waals surface area contributed by atoms with E-state index in [1.54, 1.807) is 35.6 Å². The average molecular weight is 304 g/mol. The molecule has 21 heavy (non-hydrogen) atoms. The maximum absolute atomic E-state index is 11.7. The molecule has 5 heteroatoms. The average Bonchev–Trinajstić information content (AvgIpc) is 2.99. The number of anilines is 1. The van der Waals surface area contributed by atoms with Gasteiger partial charge >= 0.3 is 0 Å². The molecule has 0 bridgehead atoms. The monoisotopic (exact) mass is 304 g/mol. The van der Waals surface area contributed by atoms with Gasteiger partial charge in [0.15, 0.2) is 0 Å². The largest absolute Gasteiger partial charge is 0.399 e. The molecule has 0 aliphatic heterocycles. The first kappa shape index (κ1) is 15.5. The van der Waals surface area contributed by atoms with Crippen LogP contribution in [0, 0.1) is 0 Å². The summed E-state index contributed by atoms with van der Waals surface area (Å²) in [5, 5.41) is 14.8. The summed E-state index contributed by atoms with van der Waals surface area (Å²) >= 11 is 1.71. The van der Waals surface area contributed by atoms with Crippen LogP contribution in [0.15, 0.2) is 41.8 Å². The molecule has 1 amide bonds. The number of hydrogen-bond donors (Lipinski definition) is 3. The highest BCUT2D eigenvalue weighted by Crippen LogP contribution is 2.14. The topological polar surface area (TPSA) is 75.3 Å². The van der Waals surface area contributed by atoms with E-state index in [1.165, 1.54) is 4.88 Å². The summed E-state index contributed by atoms with van der Waals surface area (Å²) in [5.41, 5.74) is 7.00. The van der Waals surface area contributed by atoms with Crippen LogP contribution in [0.5, 0.6) is 0 Å². The van der Waals surface area contributed by atoms with Gasteiger partial charge in [-0.05, 0) is 42.0 Å². The summed E-state index contributed by atoms with van der Waals surface area (Å²) in [6.45, 7) is 0.224. The molecule has 0 fully saturated rings. The SMILES string of the molecule is Nc1ccc(C(O)CNC(=O)CCCc2cccs2)cc1. The lowest BCUT2D eigenvalue weighted by Gasteiger charge is -2.12. The lowest BCUT2D eigenvalue weighted by molar-refractivity contribution is -0.121. The fourth-order valence-electron chi connectivity index (χ4n) is 2.01. The molecule has 4 nitrogen and oxygen atoms in total. The molecular weight excluding hydrogens is 284 g/mol. The van der Waals surface area contributed by atoms with Crippen molar-refractivity contribution in [3.05, 3.63) is 52.2 Å². The summed E-state index contributed by atoms with van der Waals surface area (Å²) in [5.74, 6) is -0.0268. The zero-order chi connectivity index (χ0) is 15.1. The molecule has 0 aliphatic rings. The number of carbonyl (C=O) groups is 1. The Morgan fingerprint density at radius 3 is 2.71 bits per heavy atom. The molecule has 1 atom stereocenters. The molecular formula is C16H20N2O2S. The van der Waals surface area contributed by atoms with Crippen molar-refractivity contribution >= 4 is 22.9 Å². The number of aliphatic hydroxyl groups excluding tert-OH is 1. The number of aryl methyl sites for hydroxylation is 1. The first-order valence-corrected chi connectivity index (χ1v) is 7.85. The lowest BCUT2D eigenvalue weighted by Crippen LogP contribution is -2.28. The minimum absolute atomic E-state index is 0.0268. The van der Waals surface area contributed by atoms with Crippen LogP contribution in [0.1, 0.15) is 29.4 Å². The standard InChI is InChI=1S/C16H20N2O2S/c17-13-8-6-12(7-9-13)15(19)11-18-16(20)5-1-3-14-4-2-10-21-14/h2,4,6-10,15,19H,1,3,5,11,17H2,(H,18,20). The van der Waals surface area contributed by atoms with Crippen molar-refractivity contribution in [2.45, 2.75) is 25.4 Å². The molecule has 1 aromatic heterocycles. The molecule has 4 N–H and O–H groups in total.